The minimum absolute atomic E-state index is 0.0798. The minimum atomic E-state index is 0.0798. The molecule has 2 rings (SSSR count). The Bertz CT molecular complexity index is 534. The van der Waals surface area contributed by atoms with E-state index in [4.69, 9.17) is 0 Å². The first-order valence-electron chi connectivity index (χ1n) is 6.58. The highest BCUT2D eigenvalue weighted by Crippen LogP contribution is 2.19. The lowest BCUT2D eigenvalue weighted by molar-refractivity contribution is 0.0992. The van der Waals surface area contributed by atoms with Gasteiger partial charge in [0.05, 0.1) is 12.1 Å². The third kappa shape index (κ3) is 3.47. The summed E-state index contributed by atoms with van der Waals surface area (Å²) in [5, 5.41) is 0. The number of ketones is 1. The van der Waals surface area contributed by atoms with E-state index >= 15 is 0 Å². The number of aromatic nitrogens is 2. The van der Waals surface area contributed by atoms with Gasteiger partial charge in [-0.05, 0) is 17.9 Å². The van der Waals surface area contributed by atoms with Crippen LogP contribution in [0, 0.1) is 0 Å². The number of hydrogen-bond acceptors (Lipinski definition) is 3. The summed E-state index contributed by atoms with van der Waals surface area (Å²) in [6.45, 7) is 4.36. The molecule has 0 saturated heterocycles. The number of hydrogen-bond donors (Lipinski definition) is 0. The molecule has 0 bridgehead atoms. The van der Waals surface area contributed by atoms with E-state index < -0.39 is 0 Å². The maximum absolute atomic E-state index is 12.1. The molecule has 0 amide bonds. The molecule has 1 atom stereocenters. The Hall–Kier alpha value is -2.03. The molecule has 0 aliphatic heterocycles. The van der Waals surface area contributed by atoms with Gasteiger partial charge in [-0.15, -0.1) is 0 Å². The maximum Gasteiger partial charge on any atom is 0.168 e. The highest BCUT2D eigenvalue weighted by molar-refractivity contribution is 5.97. The molecule has 1 aromatic heterocycles. The van der Waals surface area contributed by atoms with Crippen LogP contribution in [0.2, 0.25) is 0 Å². The molecule has 3 heteroatoms. The van der Waals surface area contributed by atoms with Gasteiger partial charge in [-0.3, -0.25) is 14.8 Å². The minimum Gasteiger partial charge on any atom is -0.294 e. The second-order valence-corrected chi connectivity index (χ2v) is 4.73. The van der Waals surface area contributed by atoms with Crippen molar-refractivity contribution in [3.63, 3.8) is 0 Å². The van der Waals surface area contributed by atoms with Crippen molar-refractivity contribution in [2.45, 2.75) is 32.6 Å². The van der Waals surface area contributed by atoms with Crippen LogP contribution in [0.25, 0.3) is 0 Å². The fraction of sp³-hybridized carbons (Fsp3) is 0.312. The average molecular weight is 254 g/mol. The van der Waals surface area contributed by atoms with Crippen LogP contribution in [-0.4, -0.2) is 15.8 Å². The van der Waals surface area contributed by atoms with Gasteiger partial charge in [-0.1, -0.05) is 38.1 Å². The molecular formula is C16H18N2O. The van der Waals surface area contributed by atoms with Crippen molar-refractivity contribution >= 4 is 5.78 Å². The van der Waals surface area contributed by atoms with Gasteiger partial charge in [0, 0.05) is 24.2 Å². The number of Topliss-reactive ketones (excluding diaryl/α,β-unsaturated/α-hetero) is 1. The molecule has 0 aliphatic rings. The smallest absolute Gasteiger partial charge is 0.168 e. The van der Waals surface area contributed by atoms with Crippen molar-refractivity contribution in [3.8, 4) is 0 Å². The number of carbonyl (C=O) groups excluding carboxylic acids is 1. The predicted octanol–water partition coefficient (Wildman–Crippen LogP) is 3.42. The third-order valence-corrected chi connectivity index (χ3v) is 3.37. The van der Waals surface area contributed by atoms with E-state index in [1.807, 2.05) is 24.3 Å². The largest absolute Gasteiger partial charge is 0.294 e. The van der Waals surface area contributed by atoms with Crippen molar-refractivity contribution in [3.05, 3.63) is 59.7 Å². The molecule has 2 aromatic rings. The Kier molecular flexibility index (Phi) is 4.39. The Morgan fingerprint density at radius 3 is 2.53 bits per heavy atom. The van der Waals surface area contributed by atoms with Crippen molar-refractivity contribution in [2.24, 2.45) is 0 Å². The van der Waals surface area contributed by atoms with Crippen molar-refractivity contribution in [1.29, 1.82) is 0 Å². The zero-order valence-corrected chi connectivity index (χ0v) is 11.3. The quantitative estimate of drug-likeness (QED) is 0.768. The van der Waals surface area contributed by atoms with Gasteiger partial charge in [0.1, 0.15) is 0 Å². The lowest BCUT2D eigenvalue weighted by atomic mass is 9.96. The SMILES string of the molecule is CCC(C)c1ccc(C(=O)Cc2cnccn2)cc1. The van der Waals surface area contributed by atoms with E-state index in [1.165, 1.54) is 5.56 Å². The van der Waals surface area contributed by atoms with Gasteiger partial charge in [0.2, 0.25) is 0 Å². The van der Waals surface area contributed by atoms with Gasteiger partial charge < -0.3 is 0 Å². The van der Waals surface area contributed by atoms with Crippen LogP contribution < -0.4 is 0 Å². The molecule has 1 unspecified atom stereocenters. The number of nitrogens with zero attached hydrogens (tertiary/aromatic N) is 2. The molecule has 3 nitrogen and oxygen atoms in total. The molecule has 0 saturated carbocycles. The molecule has 0 spiro atoms. The van der Waals surface area contributed by atoms with E-state index in [0.29, 0.717) is 18.0 Å². The van der Waals surface area contributed by atoms with Crippen LogP contribution in [0.15, 0.2) is 42.9 Å². The third-order valence-electron chi connectivity index (χ3n) is 3.37. The Morgan fingerprint density at radius 1 is 1.21 bits per heavy atom. The molecule has 1 heterocycles. The van der Waals surface area contributed by atoms with E-state index in [1.54, 1.807) is 18.6 Å². The Balaban J connectivity index is 2.08. The van der Waals surface area contributed by atoms with Gasteiger partial charge in [0.15, 0.2) is 5.78 Å². The summed E-state index contributed by atoms with van der Waals surface area (Å²) in [4.78, 5) is 20.2. The molecule has 0 aliphatic carbocycles. The second-order valence-electron chi connectivity index (χ2n) is 4.73. The fourth-order valence-electron chi connectivity index (χ4n) is 1.92. The highest BCUT2D eigenvalue weighted by atomic mass is 16.1. The van der Waals surface area contributed by atoms with Gasteiger partial charge in [0.25, 0.3) is 0 Å². The summed E-state index contributed by atoms with van der Waals surface area (Å²) in [6, 6.07) is 7.89. The van der Waals surface area contributed by atoms with Crippen molar-refractivity contribution < 1.29 is 4.79 Å². The van der Waals surface area contributed by atoms with E-state index in [9.17, 15) is 4.79 Å². The maximum atomic E-state index is 12.1. The zero-order chi connectivity index (χ0) is 13.7. The van der Waals surface area contributed by atoms with E-state index in [2.05, 4.69) is 23.8 Å². The van der Waals surface area contributed by atoms with Crippen LogP contribution in [0.3, 0.4) is 0 Å². The zero-order valence-electron chi connectivity index (χ0n) is 11.3. The normalized spacial score (nSPS) is 12.1. The summed E-state index contributed by atoms with van der Waals surface area (Å²) in [7, 11) is 0. The summed E-state index contributed by atoms with van der Waals surface area (Å²) < 4.78 is 0. The van der Waals surface area contributed by atoms with Crippen LogP contribution in [0.1, 0.15) is 47.8 Å². The first-order valence-corrected chi connectivity index (χ1v) is 6.58. The molecule has 19 heavy (non-hydrogen) atoms. The first-order chi connectivity index (χ1) is 9.20. The van der Waals surface area contributed by atoms with Crippen LogP contribution in [0.4, 0.5) is 0 Å². The summed E-state index contributed by atoms with van der Waals surface area (Å²) in [6.07, 6.45) is 6.25. The molecular weight excluding hydrogens is 236 g/mol. The fourth-order valence-corrected chi connectivity index (χ4v) is 1.92. The number of rotatable bonds is 5. The van der Waals surface area contributed by atoms with Gasteiger partial charge in [-0.25, -0.2) is 0 Å². The van der Waals surface area contributed by atoms with Crippen molar-refractivity contribution in [1.82, 2.24) is 9.97 Å². The van der Waals surface area contributed by atoms with E-state index in [-0.39, 0.29) is 5.78 Å². The molecule has 0 radical (unpaired) electrons. The number of benzene rings is 1. The Morgan fingerprint density at radius 2 is 1.95 bits per heavy atom. The summed E-state index contributed by atoms with van der Waals surface area (Å²) in [5.74, 6) is 0.611. The summed E-state index contributed by atoms with van der Waals surface area (Å²) in [5.41, 5.74) is 2.72. The van der Waals surface area contributed by atoms with Crippen LogP contribution in [0.5, 0.6) is 0 Å². The van der Waals surface area contributed by atoms with Gasteiger partial charge >= 0.3 is 0 Å². The number of carbonyl (C=O) groups is 1. The highest BCUT2D eigenvalue weighted by Gasteiger charge is 2.09. The van der Waals surface area contributed by atoms with Crippen molar-refractivity contribution in [2.75, 3.05) is 0 Å². The monoisotopic (exact) mass is 254 g/mol. The summed E-state index contributed by atoms with van der Waals surface area (Å²) >= 11 is 0. The first kappa shape index (κ1) is 13.4. The molecule has 0 N–H and O–H groups in total. The lowest BCUT2D eigenvalue weighted by Gasteiger charge is -2.09. The van der Waals surface area contributed by atoms with E-state index in [0.717, 1.165) is 12.0 Å². The topological polar surface area (TPSA) is 42.9 Å². The molecule has 98 valence electrons. The molecule has 0 fully saturated rings. The standard InChI is InChI=1S/C16H18N2O/c1-3-12(2)13-4-6-14(7-5-13)16(19)10-15-11-17-8-9-18-15/h4-9,11-12H,3,10H2,1-2H3. The second kappa shape index (κ2) is 6.23. The van der Waals surface area contributed by atoms with Crippen LogP contribution in [-0.2, 0) is 6.42 Å². The Labute approximate surface area is 113 Å². The average Bonchev–Trinajstić information content (AvgIpc) is 2.47. The lowest BCUT2D eigenvalue weighted by Crippen LogP contribution is -2.05. The van der Waals surface area contributed by atoms with Crippen LogP contribution >= 0.6 is 0 Å². The van der Waals surface area contributed by atoms with Gasteiger partial charge in [-0.2, -0.15) is 0 Å². The molecule has 1 aromatic carbocycles. The predicted molar refractivity (Wildman–Crippen MR) is 75.2 cm³/mol.